The van der Waals surface area contributed by atoms with Gasteiger partial charge >= 0.3 is 0 Å². The maximum atomic E-state index is 10.5. The summed E-state index contributed by atoms with van der Waals surface area (Å²) >= 11 is 0. The first kappa shape index (κ1) is 35.9. The van der Waals surface area contributed by atoms with E-state index in [2.05, 4.69) is 180 Å². The summed E-state index contributed by atoms with van der Waals surface area (Å²) in [5.74, 6) is 0.469. The van der Waals surface area contributed by atoms with Gasteiger partial charge in [-0.05, 0) is 155 Å². The summed E-state index contributed by atoms with van der Waals surface area (Å²) in [6, 6.07) is 69.8. The summed E-state index contributed by atoms with van der Waals surface area (Å²) in [5.41, 5.74) is 17.0. The number of rotatable bonds is 6. The second kappa shape index (κ2) is 13.5. The third-order valence-electron chi connectivity index (χ3n) is 13.1. The van der Waals surface area contributed by atoms with Gasteiger partial charge in [-0.3, -0.25) is 0 Å². The van der Waals surface area contributed by atoms with Gasteiger partial charge in [0, 0.05) is 55.4 Å². The molecule has 0 saturated carbocycles. The van der Waals surface area contributed by atoms with Crippen molar-refractivity contribution in [1.29, 1.82) is 0 Å². The summed E-state index contributed by atoms with van der Waals surface area (Å²) in [6.07, 6.45) is 0. The first-order valence-electron chi connectivity index (χ1n) is 21.1. The Morgan fingerprint density at radius 1 is 0.371 bits per heavy atom. The maximum Gasteiger partial charge on any atom is 0.116 e. The number of fused-ring (bicyclic) bond motifs is 9. The molecule has 0 spiro atoms. The van der Waals surface area contributed by atoms with Crippen LogP contribution in [0.2, 0.25) is 0 Å². The van der Waals surface area contributed by atoms with E-state index in [9.17, 15) is 10.2 Å². The zero-order valence-corrected chi connectivity index (χ0v) is 34.3. The standard InChI is InChI=1S/C57H41N3O2/c1-57(2)51-14-8-6-12-45(51)47-34-50-46-13-7-9-15-53(46)60(56(50)35-52(47)57)42-23-21-40(22-24-42)58(41-25-27-43(61)28-26-41)39-19-16-36(17-20-39)37-18-30-54-48(32-37)49-33-44(62)29-31-55(49)59(54)38-10-4-3-5-11-38/h3-35,61-62H,1-2H3. The maximum absolute atomic E-state index is 10.5. The summed E-state index contributed by atoms with van der Waals surface area (Å²) in [4.78, 5) is 2.23. The van der Waals surface area contributed by atoms with Crippen LogP contribution in [0.1, 0.15) is 25.0 Å². The van der Waals surface area contributed by atoms with Crippen molar-refractivity contribution >= 4 is 60.7 Å². The van der Waals surface area contributed by atoms with E-state index >= 15 is 0 Å². The molecule has 0 amide bonds. The SMILES string of the molecule is CC1(C)c2ccccc2-c2cc3c4ccccc4n(-c4ccc(N(c5ccc(O)cc5)c5ccc(-c6ccc7c(c6)c6cc(O)ccc6n7-c6ccccc6)cc5)cc4)c3cc21. The molecule has 0 saturated heterocycles. The van der Waals surface area contributed by atoms with Crippen molar-refractivity contribution in [1.82, 2.24) is 9.13 Å². The Morgan fingerprint density at radius 3 is 1.66 bits per heavy atom. The van der Waals surface area contributed by atoms with Crippen LogP contribution >= 0.6 is 0 Å². The topological polar surface area (TPSA) is 53.6 Å². The molecule has 12 rings (SSSR count). The molecule has 11 aromatic rings. The van der Waals surface area contributed by atoms with E-state index in [1.807, 2.05) is 30.3 Å². The quantitative estimate of drug-likeness (QED) is 0.176. The van der Waals surface area contributed by atoms with Crippen LogP contribution in [0.15, 0.2) is 200 Å². The third kappa shape index (κ3) is 5.41. The van der Waals surface area contributed by atoms with Crippen molar-refractivity contribution in [3.05, 3.63) is 211 Å². The second-order valence-corrected chi connectivity index (χ2v) is 17.0. The van der Waals surface area contributed by atoms with Crippen molar-refractivity contribution in [3.63, 3.8) is 0 Å². The van der Waals surface area contributed by atoms with E-state index in [0.717, 1.165) is 61.4 Å². The van der Waals surface area contributed by atoms with E-state index < -0.39 is 0 Å². The highest BCUT2D eigenvalue weighted by Crippen LogP contribution is 2.51. The number of aromatic nitrogens is 2. The van der Waals surface area contributed by atoms with Gasteiger partial charge in [0.25, 0.3) is 0 Å². The largest absolute Gasteiger partial charge is 0.508 e. The number of nitrogens with zero attached hydrogens (tertiary/aromatic N) is 3. The Balaban J connectivity index is 0.941. The molecule has 0 atom stereocenters. The molecular weight excluding hydrogens is 759 g/mol. The van der Waals surface area contributed by atoms with Crippen molar-refractivity contribution < 1.29 is 10.2 Å². The molecule has 9 aromatic carbocycles. The van der Waals surface area contributed by atoms with Crippen LogP contribution in [0.5, 0.6) is 11.5 Å². The molecule has 0 fully saturated rings. The molecule has 0 aliphatic heterocycles. The van der Waals surface area contributed by atoms with Gasteiger partial charge in [-0.15, -0.1) is 0 Å². The fourth-order valence-electron chi connectivity index (χ4n) is 10.1. The molecular formula is C57H41N3O2. The molecule has 0 radical (unpaired) electrons. The highest BCUT2D eigenvalue weighted by atomic mass is 16.3. The van der Waals surface area contributed by atoms with Gasteiger partial charge < -0.3 is 24.2 Å². The van der Waals surface area contributed by atoms with Crippen LogP contribution in [0, 0.1) is 0 Å². The zero-order valence-electron chi connectivity index (χ0n) is 34.3. The zero-order chi connectivity index (χ0) is 41.7. The molecule has 296 valence electrons. The Labute approximate surface area is 359 Å². The average molecular weight is 800 g/mol. The molecule has 0 bridgehead atoms. The Kier molecular flexibility index (Phi) is 7.81. The van der Waals surface area contributed by atoms with Crippen molar-refractivity contribution in [3.8, 4) is 45.1 Å². The van der Waals surface area contributed by atoms with Crippen LogP contribution in [0.25, 0.3) is 77.2 Å². The Hall–Kier alpha value is -8.02. The predicted molar refractivity (Wildman–Crippen MR) is 256 cm³/mol. The van der Waals surface area contributed by atoms with Gasteiger partial charge in [-0.2, -0.15) is 0 Å². The lowest BCUT2D eigenvalue weighted by molar-refractivity contribution is 0.475. The van der Waals surface area contributed by atoms with Gasteiger partial charge in [0.2, 0.25) is 0 Å². The second-order valence-electron chi connectivity index (χ2n) is 17.0. The molecule has 5 nitrogen and oxygen atoms in total. The predicted octanol–water partition coefficient (Wildman–Crippen LogP) is 14.7. The number of aromatic hydroxyl groups is 2. The lowest BCUT2D eigenvalue weighted by atomic mass is 9.82. The minimum Gasteiger partial charge on any atom is -0.508 e. The number of benzene rings is 9. The molecule has 2 aromatic heterocycles. The first-order valence-corrected chi connectivity index (χ1v) is 21.1. The van der Waals surface area contributed by atoms with Gasteiger partial charge in [0.1, 0.15) is 11.5 Å². The minimum atomic E-state index is -0.106. The highest BCUT2D eigenvalue weighted by Gasteiger charge is 2.36. The summed E-state index contributed by atoms with van der Waals surface area (Å²) < 4.78 is 4.66. The normalized spacial score (nSPS) is 12.9. The number of para-hydroxylation sites is 2. The average Bonchev–Trinajstić information content (AvgIpc) is 3.89. The van der Waals surface area contributed by atoms with Crippen LogP contribution in [-0.4, -0.2) is 19.3 Å². The number of phenolic OH excluding ortho intramolecular Hbond substituents is 2. The van der Waals surface area contributed by atoms with Gasteiger partial charge in [-0.1, -0.05) is 92.7 Å². The molecule has 5 heteroatoms. The fourth-order valence-corrected chi connectivity index (χ4v) is 10.1. The Bertz CT molecular complexity index is 3540. The van der Waals surface area contributed by atoms with E-state index in [1.165, 1.54) is 44.1 Å². The fraction of sp³-hybridized carbons (Fsp3) is 0.0526. The van der Waals surface area contributed by atoms with Crippen LogP contribution in [0.3, 0.4) is 0 Å². The minimum absolute atomic E-state index is 0.106. The molecule has 1 aliphatic carbocycles. The lowest BCUT2D eigenvalue weighted by Crippen LogP contribution is -2.15. The summed E-state index contributed by atoms with van der Waals surface area (Å²) in [6.45, 7) is 4.68. The van der Waals surface area contributed by atoms with Crippen LogP contribution in [0.4, 0.5) is 17.1 Å². The van der Waals surface area contributed by atoms with Gasteiger partial charge in [0.05, 0.1) is 22.1 Å². The lowest BCUT2D eigenvalue weighted by Gasteiger charge is -2.26. The first-order chi connectivity index (χ1) is 30.3. The monoisotopic (exact) mass is 799 g/mol. The number of phenols is 2. The highest BCUT2D eigenvalue weighted by molar-refractivity contribution is 6.12. The van der Waals surface area contributed by atoms with Crippen LogP contribution in [-0.2, 0) is 5.41 Å². The van der Waals surface area contributed by atoms with Crippen molar-refractivity contribution in [2.75, 3.05) is 4.90 Å². The van der Waals surface area contributed by atoms with E-state index in [1.54, 1.807) is 18.2 Å². The number of anilines is 3. The van der Waals surface area contributed by atoms with Crippen molar-refractivity contribution in [2.24, 2.45) is 0 Å². The van der Waals surface area contributed by atoms with E-state index in [-0.39, 0.29) is 16.9 Å². The van der Waals surface area contributed by atoms with E-state index in [0.29, 0.717) is 0 Å². The molecule has 1 aliphatic rings. The van der Waals surface area contributed by atoms with Gasteiger partial charge in [-0.25, -0.2) is 0 Å². The molecule has 62 heavy (non-hydrogen) atoms. The molecule has 0 unspecified atom stereocenters. The molecule has 2 N–H and O–H groups in total. The molecule has 2 heterocycles. The van der Waals surface area contributed by atoms with Crippen molar-refractivity contribution in [2.45, 2.75) is 19.3 Å². The smallest absolute Gasteiger partial charge is 0.116 e. The van der Waals surface area contributed by atoms with Gasteiger partial charge in [0.15, 0.2) is 0 Å². The third-order valence-corrected chi connectivity index (χ3v) is 13.1. The summed E-state index contributed by atoms with van der Waals surface area (Å²) in [7, 11) is 0. The number of hydrogen-bond acceptors (Lipinski definition) is 3. The van der Waals surface area contributed by atoms with Crippen LogP contribution < -0.4 is 4.90 Å². The van der Waals surface area contributed by atoms with E-state index in [4.69, 9.17) is 0 Å². The Morgan fingerprint density at radius 2 is 0.903 bits per heavy atom. The summed E-state index contributed by atoms with van der Waals surface area (Å²) in [5, 5.41) is 25.4. The number of hydrogen-bond donors (Lipinski definition) is 2.